The molecule has 1 aromatic carbocycles. The summed E-state index contributed by atoms with van der Waals surface area (Å²) in [6, 6.07) is 4.82. The van der Waals surface area contributed by atoms with Gasteiger partial charge in [0.15, 0.2) is 0 Å². The van der Waals surface area contributed by atoms with E-state index in [1.54, 1.807) is 19.1 Å². The maximum absolute atomic E-state index is 13.8. The predicted molar refractivity (Wildman–Crippen MR) is 84.2 cm³/mol. The first-order chi connectivity index (χ1) is 11.6. The smallest absolute Gasteiger partial charge is 0.278 e. The Kier molecular flexibility index (Phi) is 4.45. The van der Waals surface area contributed by atoms with Crippen molar-refractivity contribution < 1.29 is 18.6 Å². The molecule has 0 saturated carbocycles. The minimum Gasteiger partial charge on any atom is -0.472 e. The molecule has 3 aromatic rings. The number of rotatable bonds is 6. The van der Waals surface area contributed by atoms with Crippen LogP contribution in [0.4, 0.5) is 4.39 Å². The van der Waals surface area contributed by atoms with Crippen molar-refractivity contribution in [1.29, 1.82) is 0 Å². The van der Waals surface area contributed by atoms with Crippen molar-refractivity contribution in [3.05, 3.63) is 41.0 Å². The molecule has 8 heteroatoms. The van der Waals surface area contributed by atoms with Crippen LogP contribution >= 0.6 is 0 Å². The van der Waals surface area contributed by atoms with Crippen molar-refractivity contribution in [2.45, 2.75) is 20.3 Å². The summed E-state index contributed by atoms with van der Waals surface area (Å²) in [7, 11) is 0. The van der Waals surface area contributed by atoms with E-state index in [2.05, 4.69) is 25.2 Å². The van der Waals surface area contributed by atoms with Crippen molar-refractivity contribution in [2.24, 2.45) is 0 Å². The van der Waals surface area contributed by atoms with E-state index in [0.717, 1.165) is 16.6 Å². The highest BCUT2D eigenvalue weighted by atomic mass is 19.1. The van der Waals surface area contributed by atoms with E-state index in [4.69, 9.17) is 4.74 Å². The molecule has 3 rings (SSSR count). The molecule has 0 aliphatic carbocycles. The van der Waals surface area contributed by atoms with Gasteiger partial charge in [-0.1, -0.05) is 17.3 Å². The number of fused-ring (bicyclic) bond motifs is 1. The van der Waals surface area contributed by atoms with Gasteiger partial charge >= 0.3 is 0 Å². The van der Waals surface area contributed by atoms with E-state index in [1.165, 1.54) is 6.07 Å². The minimum absolute atomic E-state index is 0.165. The van der Waals surface area contributed by atoms with Crippen molar-refractivity contribution in [1.82, 2.24) is 20.6 Å². The number of halogens is 1. The Morgan fingerprint density at radius 2 is 2.21 bits per heavy atom. The molecule has 0 aliphatic heterocycles. The fourth-order valence-electron chi connectivity index (χ4n) is 2.51. The van der Waals surface area contributed by atoms with Crippen molar-refractivity contribution >= 4 is 16.8 Å². The van der Waals surface area contributed by atoms with Gasteiger partial charge < -0.3 is 15.0 Å². The third kappa shape index (κ3) is 3.22. The van der Waals surface area contributed by atoms with Gasteiger partial charge in [-0.05, 0) is 30.6 Å². The van der Waals surface area contributed by atoms with Crippen molar-refractivity contribution in [3.8, 4) is 5.88 Å². The fourth-order valence-corrected chi connectivity index (χ4v) is 2.51. The fraction of sp³-hybridized carbons (Fsp3) is 0.312. The number of para-hydroxylation sites is 1. The zero-order valence-electron chi connectivity index (χ0n) is 13.4. The highest BCUT2D eigenvalue weighted by Gasteiger charge is 2.14. The third-order valence-electron chi connectivity index (χ3n) is 3.72. The number of ether oxygens (including phenoxy) is 1. The van der Waals surface area contributed by atoms with Gasteiger partial charge in [-0.15, -0.1) is 0 Å². The van der Waals surface area contributed by atoms with Crippen LogP contribution in [-0.2, 0) is 11.2 Å². The van der Waals surface area contributed by atoms with Gasteiger partial charge in [0.25, 0.3) is 5.88 Å². The highest BCUT2D eigenvalue weighted by Crippen LogP contribution is 2.24. The number of nitrogens with zero attached hydrogens (tertiary/aromatic N) is 2. The Hall–Kier alpha value is -2.90. The second-order valence-corrected chi connectivity index (χ2v) is 5.42. The van der Waals surface area contributed by atoms with Crippen LogP contribution in [0.2, 0.25) is 0 Å². The van der Waals surface area contributed by atoms with Crippen LogP contribution in [-0.4, -0.2) is 34.4 Å². The minimum atomic E-state index is -0.327. The third-order valence-corrected chi connectivity index (χ3v) is 3.72. The number of carbonyl (C=O) groups is 1. The molecule has 0 atom stereocenters. The van der Waals surface area contributed by atoms with Crippen LogP contribution in [0.3, 0.4) is 0 Å². The lowest BCUT2D eigenvalue weighted by molar-refractivity contribution is -0.120. The van der Waals surface area contributed by atoms with E-state index in [9.17, 15) is 9.18 Å². The molecule has 0 unspecified atom stereocenters. The van der Waals surface area contributed by atoms with Gasteiger partial charge in [0.2, 0.25) is 5.91 Å². The molecular formula is C16H17FN4O3. The molecule has 0 spiro atoms. The first-order valence-corrected chi connectivity index (χ1v) is 7.50. The summed E-state index contributed by atoms with van der Waals surface area (Å²) in [6.45, 7) is 4.11. The lowest BCUT2D eigenvalue weighted by Gasteiger charge is -2.06. The molecule has 2 aromatic heterocycles. The molecule has 126 valence electrons. The average molecular weight is 332 g/mol. The summed E-state index contributed by atoms with van der Waals surface area (Å²) < 4.78 is 23.6. The number of hydrogen-bond acceptors (Lipinski definition) is 5. The molecule has 0 saturated heterocycles. The average Bonchev–Trinajstić information content (AvgIpc) is 3.09. The number of aromatic amines is 1. The van der Waals surface area contributed by atoms with Gasteiger partial charge in [0, 0.05) is 11.1 Å². The molecule has 0 bridgehead atoms. The van der Waals surface area contributed by atoms with Gasteiger partial charge in [0.1, 0.15) is 18.1 Å². The number of benzene rings is 1. The maximum Gasteiger partial charge on any atom is 0.278 e. The van der Waals surface area contributed by atoms with Crippen LogP contribution in [0, 0.1) is 19.7 Å². The second kappa shape index (κ2) is 6.69. The Morgan fingerprint density at radius 3 is 2.96 bits per heavy atom. The van der Waals surface area contributed by atoms with Crippen LogP contribution in [0.5, 0.6) is 5.88 Å². The van der Waals surface area contributed by atoms with Gasteiger partial charge in [-0.25, -0.2) is 9.02 Å². The molecule has 0 radical (unpaired) electrons. The molecular weight excluding hydrogens is 315 g/mol. The zero-order chi connectivity index (χ0) is 17.1. The number of carbonyl (C=O) groups excluding carboxylic acids is 1. The summed E-state index contributed by atoms with van der Waals surface area (Å²) in [6.07, 6.45) is 0.166. The molecule has 0 fully saturated rings. The van der Waals surface area contributed by atoms with Gasteiger partial charge in [-0.2, -0.15) is 0 Å². The normalized spacial score (nSPS) is 11.0. The Labute approximate surface area is 137 Å². The highest BCUT2D eigenvalue weighted by molar-refractivity contribution is 5.90. The lowest BCUT2D eigenvalue weighted by atomic mass is 10.1. The Balaban J connectivity index is 1.56. The first kappa shape index (κ1) is 16.0. The van der Waals surface area contributed by atoms with Crippen molar-refractivity contribution in [2.75, 3.05) is 13.2 Å². The molecule has 2 N–H and O–H groups in total. The van der Waals surface area contributed by atoms with E-state index in [1.807, 2.05) is 6.92 Å². The van der Waals surface area contributed by atoms with E-state index < -0.39 is 0 Å². The second-order valence-electron chi connectivity index (χ2n) is 5.42. The van der Waals surface area contributed by atoms with Crippen LogP contribution < -0.4 is 10.1 Å². The number of nitrogens with one attached hydrogen (secondary N) is 2. The molecule has 7 nitrogen and oxygen atoms in total. The Morgan fingerprint density at radius 1 is 1.38 bits per heavy atom. The van der Waals surface area contributed by atoms with Crippen molar-refractivity contribution in [3.63, 3.8) is 0 Å². The standard InChI is InChI=1S/C16H17FN4O3/c1-9-12(11-4-3-5-13(17)15(11)19-9)8-14(22)18-6-7-23-16-10(2)20-24-21-16/h3-5,19H,6-8H2,1-2H3,(H,18,22). The lowest BCUT2D eigenvalue weighted by Crippen LogP contribution is -2.29. The van der Waals surface area contributed by atoms with Gasteiger partial charge in [0.05, 0.1) is 18.5 Å². The predicted octanol–water partition coefficient (Wildman–Crippen LogP) is 2.04. The van der Waals surface area contributed by atoms with E-state index >= 15 is 0 Å². The molecule has 0 aliphatic rings. The summed E-state index contributed by atoms with van der Waals surface area (Å²) >= 11 is 0. The van der Waals surface area contributed by atoms with Crippen LogP contribution in [0.1, 0.15) is 17.0 Å². The number of H-pyrrole nitrogens is 1. The van der Waals surface area contributed by atoms with E-state index in [-0.39, 0.29) is 24.8 Å². The number of aryl methyl sites for hydroxylation is 2. The van der Waals surface area contributed by atoms with E-state index in [0.29, 0.717) is 23.6 Å². The first-order valence-electron chi connectivity index (χ1n) is 7.50. The molecule has 24 heavy (non-hydrogen) atoms. The zero-order valence-corrected chi connectivity index (χ0v) is 13.4. The number of aromatic nitrogens is 3. The summed E-state index contributed by atoms with van der Waals surface area (Å²) in [4.78, 5) is 15.1. The van der Waals surface area contributed by atoms with Gasteiger partial charge in [-0.3, -0.25) is 4.79 Å². The summed E-state index contributed by atoms with van der Waals surface area (Å²) in [5.74, 6) is -0.179. The quantitative estimate of drug-likeness (QED) is 0.674. The molecule has 2 heterocycles. The topological polar surface area (TPSA) is 93.0 Å². The SMILES string of the molecule is Cc1nonc1OCCNC(=O)Cc1c(C)[nH]c2c(F)cccc12. The molecule has 1 amide bonds. The monoisotopic (exact) mass is 332 g/mol. The number of amides is 1. The number of hydrogen-bond donors (Lipinski definition) is 2. The van der Waals surface area contributed by atoms with Crippen LogP contribution in [0.15, 0.2) is 22.8 Å². The summed E-state index contributed by atoms with van der Waals surface area (Å²) in [5, 5.41) is 10.7. The maximum atomic E-state index is 13.8. The Bertz CT molecular complexity index is 871. The van der Waals surface area contributed by atoms with Crippen LogP contribution in [0.25, 0.3) is 10.9 Å². The largest absolute Gasteiger partial charge is 0.472 e. The summed E-state index contributed by atoms with van der Waals surface area (Å²) in [5.41, 5.74) is 2.55.